The van der Waals surface area contributed by atoms with E-state index in [1.165, 1.54) is 0 Å². The molecule has 0 aromatic heterocycles. The highest BCUT2D eigenvalue weighted by Gasteiger charge is 2.10. The zero-order valence-corrected chi connectivity index (χ0v) is 12.5. The number of carbonyl (C=O) groups excluding carboxylic acids is 1. The van der Waals surface area contributed by atoms with Crippen molar-refractivity contribution in [3.63, 3.8) is 0 Å². The number of nitrogens with one attached hydrogen (secondary N) is 2. The van der Waals surface area contributed by atoms with Gasteiger partial charge in [0.25, 0.3) is 0 Å². The lowest BCUT2D eigenvalue weighted by atomic mass is 10.3. The molecule has 2 rings (SSSR count). The Labute approximate surface area is 128 Å². The van der Waals surface area contributed by atoms with Gasteiger partial charge < -0.3 is 15.4 Å². The fourth-order valence-corrected chi connectivity index (χ4v) is 2.20. The molecule has 1 heterocycles. The maximum atomic E-state index is 11.7. The van der Waals surface area contributed by atoms with Crippen molar-refractivity contribution in [1.29, 1.82) is 0 Å². The summed E-state index contributed by atoms with van der Waals surface area (Å²) in [5.74, 6) is 0. The van der Waals surface area contributed by atoms with Crippen LogP contribution in [-0.2, 0) is 4.74 Å². The van der Waals surface area contributed by atoms with Crippen LogP contribution >= 0.6 is 23.2 Å². The first-order chi connectivity index (χ1) is 9.65. The van der Waals surface area contributed by atoms with Gasteiger partial charge in [-0.05, 0) is 18.2 Å². The van der Waals surface area contributed by atoms with Gasteiger partial charge in [0.1, 0.15) is 0 Å². The van der Waals surface area contributed by atoms with Crippen molar-refractivity contribution in [1.82, 2.24) is 10.2 Å². The fourth-order valence-electron chi connectivity index (χ4n) is 1.90. The number of ether oxygens (including phenoxy) is 1. The van der Waals surface area contributed by atoms with E-state index < -0.39 is 0 Å². The molecule has 1 aromatic rings. The van der Waals surface area contributed by atoms with Crippen molar-refractivity contribution in [2.75, 3.05) is 44.7 Å². The van der Waals surface area contributed by atoms with Gasteiger partial charge in [0, 0.05) is 31.9 Å². The van der Waals surface area contributed by atoms with Crippen molar-refractivity contribution in [3.8, 4) is 0 Å². The summed E-state index contributed by atoms with van der Waals surface area (Å²) in [6.07, 6.45) is 0. The monoisotopic (exact) mass is 317 g/mol. The molecule has 0 atom stereocenters. The van der Waals surface area contributed by atoms with E-state index in [1.807, 2.05) is 0 Å². The molecule has 2 N–H and O–H groups in total. The van der Waals surface area contributed by atoms with Crippen molar-refractivity contribution < 1.29 is 9.53 Å². The predicted molar refractivity (Wildman–Crippen MR) is 80.7 cm³/mol. The number of hydrogen-bond acceptors (Lipinski definition) is 3. The quantitative estimate of drug-likeness (QED) is 0.896. The van der Waals surface area contributed by atoms with Crippen LogP contribution in [0.2, 0.25) is 10.0 Å². The van der Waals surface area contributed by atoms with E-state index in [0.29, 0.717) is 22.3 Å². The van der Waals surface area contributed by atoms with Crippen molar-refractivity contribution in [2.45, 2.75) is 0 Å². The van der Waals surface area contributed by atoms with E-state index in [9.17, 15) is 4.79 Å². The smallest absolute Gasteiger partial charge is 0.319 e. The van der Waals surface area contributed by atoms with Gasteiger partial charge in [0.2, 0.25) is 0 Å². The van der Waals surface area contributed by atoms with Crippen LogP contribution in [0.5, 0.6) is 0 Å². The Morgan fingerprint density at radius 1 is 1.25 bits per heavy atom. The number of hydrogen-bond donors (Lipinski definition) is 2. The van der Waals surface area contributed by atoms with Gasteiger partial charge >= 0.3 is 6.03 Å². The molecule has 0 unspecified atom stereocenters. The van der Waals surface area contributed by atoms with Gasteiger partial charge in [0.05, 0.1) is 23.3 Å². The van der Waals surface area contributed by atoms with E-state index >= 15 is 0 Å². The second-order valence-electron chi connectivity index (χ2n) is 4.46. The lowest BCUT2D eigenvalue weighted by molar-refractivity contribution is 0.0388. The Morgan fingerprint density at radius 2 is 2.00 bits per heavy atom. The Morgan fingerprint density at radius 3 is 2.70 bits per heavy atom. The number of benzene rings is 1. The number of rotatable bonds is 4. The Kier molecular flexibility index (Phi) is 5.91. The van der Waals surface area contributed by atoms with Gasteiger partial charge in [-0.25, -0.2) is 4.79 Å². The highest BCUT2D eigenvalue weighted by molar-refractivity contribution is 6.42. The Bertz CT molecular complexity index is 465. The summed E-state index contributed by atoms with van der Waals surface area (Å²) in [5, 5.41) is 6.39. The number of morpholine rings is 1. The molecule has 1 aliphatic rings. The predicted octanol–water partition coefficient (Wildman–Crippen LogP) is 2.45. The van der Waals surface area contributed by atoms with Gasteiger partial charge in [0.15, 0.2) is 0 Å². The summed E-state index contributed by atoms with van der Waals surface area (Å²) in [5.41, 5.74) is 0.614. The number of halogens is 2. The second-order valence-corrected chi connectivity index (χ2v) is 5.28. The van der Waals surface area contributed by atoms with Crippen molar-refractivity contribution >= 4 is 34.9 Å². The van der Waals surface area contributed by atoms with Crippen LogP contribution in [-0.4, -0.2) is 50.3 Å². The third kappa shape index (κ3) is 4.83. The molecule has 1 aromatic carbocycles. The van der Waals surface area contributed by atoms with Crippen molar-refractivity contribution in [2.24, 2.45) is 0 Å². The third-order valence-corrected chi connectivity index (χ3v) is 3.73. The lowest BCUT2D eigenvalue weighted by Gasteiger charge is -2.26. The first-order valence-corrected chi connectivity index (χ1v) is 7.21. The highest BCUT2D eigenvalue weighted by atomic mass is 35.5. The van der Waals surface area contributed by atoms with Gasteiger partial charge in [-0.15, -0.1) is 0 Å². The molecule has 0 aliphatic carbocycles. The number of amides is 2. The minimum absolute atomic E-state index is 0.253. The molecular weight excluding hydrogens is 301 g/mol. The highest BCUT2D eigenvalue weighted by Crippen LogP contribution is 2.24. The van der Waals surface area contributed by atoms with E-state index in [0.717, 1.165) is 32.8 Å². The molecule has 1 fully saturated rings. The summed E-state index contributed by atoms with van der Waals surface area (Å²) in [6.45, 7) is 4.75. The Hall–Kier alpha value is -1.01. The van der Waals surface area contributed by atoms with Crippen LogP contribution in [0.15, 0.2) is 18.2 Å². The zero-order valence-electron chi connectivity index (χ0n) is 11.0. The van der Waals surface area contributed by atoms with Crippen LogP contribution in [0.25, 0.3) is 0 Å². The average molecular weight is 318 g/mol. The van der Waals surface area contributed by atoms with Crippen LogP contribution in [0.1, 0.15) is 0 Å². The normalized spacial score (nSPS) is 15.9. The summed E-state index contributed by atoms with van der Waals surface area (Å²) in [6, 6.07) is 4.71. The lowest BCUT2D eigenvalue weighted by Crippen LogP contribution is -2.42. The number of nitrogens with zero attached hydrogens (tertiary/aromatic N) is 1. The SMILES string of the molecule is O=C(NCCN1CCOCC1)Nc1ccc(Cl)c(Cl)c1. The van der Waals surface area contributed by atoms with Crippen molar-refractivity contribution in [3.05, 3.63) is 28.2 Å². The first kappa shape index (κ1) is 15.4. The molecule has 0 radical (unpaired) electrons. The van der Waals surface area contributed by atoms with E-state index in [-0.39, 0.29) is 6.03 Å². The van der Waals surface area contributed by atoms with Gasteiger partial charge in [-0.2, -0.15) is 0 Å². The fraction of sp³-hybridized carbons (Fsp3) is 0.462. The minimum atomic E-state index is -0.253. The van der Waals surface area contributed by atoms with E-state index in [2.05, 4.69) is 15.5 Å². The van der Waals surface area contributed by atoms with E-state index in [4.69, 9.17) is 27.9 Å². The largest absolute Gasteiger partial charge is 0.379 e. The summed E-state index contributed by atoms with van der Waals surface area (Å²) < 4.78 is 5.26. The third-order valence-electron chi connectivity index (χ3n) is 2.99. The summed E-state index contributed by atoms with van der Waals surface area (Å²) in [7, 11) is 0. The van der Waals surface area contributed by atoms with Gasteiger partial charge in [-0.1, -0.05) is 23.2 Å². The molecule has 7 heteroatoms. The maximum absolute atomic E-state index is 11.7. The molecule has 20 heavy (non-hydrogen) atoms. The molecular formula is C13H17Cl2N3O2. The minimum Gasteiger partial charge on any atom is -0.379 e. The molecule has 110 valence electrons. The standard InChI is InChI=1S/C13H17Cl2N3O2/c14-11-2-1-10(9-12(11)15)17-13(19)16-3-4-18-5-7-20-8-6-18/h1-2,9H,3-8H2,(H2,16,17,19). The topological polar surface area (TPSA) is 53.6 Å². The maximum Gasteiger partial charge on any atom is 0.319 e. The molecule has 0 saturated carbocycles. The summed E-state index contributed by atoms with van der Waals surface area (Å²) in [4.78, 5) is 14.0. The number of urea groups is 1. The zero-order chi connectivity index (χ0) is 14.4. The van der Waals surface area contributed by atoms with Crippen LogP contribution in [0.3, 0.4) is 0 Å². The van der Waals surface area contributed by atoms with Gasteiger partial charge in [-0.3, -0.25) is 4.90 Å². The van der Waals surface area contributed by atoms with Crippen LogP contribution in [0.4, 0.5) is 10.5 Å². The molecule has 0 spiro atoms. The number of anilines is 1. The molecule has 1 aliphatic heterocycles. The van der Waals surface area contributed by atoms with E-state index in [1.54, 1.807) is 18.2 Å². The van der Waals surface area contributed by atoms with Crippen LogP contribution < -0.4 is 10.6 Å². The summed E-state index contributed by atoms with van der Waals surface area (Å²) >= 11 is 11.7. The molecule has 1 saturated heterocycles. The first-order valence-electron chi connectivity index (χ1n) is 6.45. The molecule has 0 bridgehead atoms. The van der Waals surface area contributed by atoms with Crippen LogP contribution in [0, 0.1) is 0 Å². The average Bonchev–Trinajstić information content (AvgIpc) is 2.44. The number of carbonyl (C=O) groups is 1. The Balaban J connectivity index is 1.70. The second kappa shape index (κ2) is 7.69. The molecule has 2 amide bonds. The molecule has 5 nitrogen and oxygen atoms in total.